The molecule has 4 amide bonds. The second kappa shape index (κ2) is 18.3. The zero-order chi connectivity index (χ0) is 49.9. The van der Waals surface area contributed by atoms with Crippen LogP contribution in [0.15, 0.2) is 54.6 Å². The summed E-state index contributed by atoms with van der Waals surface area (Å²) in [6.45, 7) is 9.24. The summed E-state index contributed by atoms with van der Waals surface area (Å²) in [5.41, 5.74) is -4.28. The van der Waals surface area contributed by atoms with E-state index in [-0.39, 0.29) is 53.5 Å². The number of alkyl halides is 3. The standard InChI is InChI=1S/C48H59F4N5O10S/c1-26(2)66-38-16-13-29(21-35(38)49)36-22-30-20-32(65-8)14-15-34(30)41(53-36)67-33-23-37-40(58)54-47(43(60)55-68(63,64)46(7)17-18-46)24-31(47)12-10-9-11-27(3)19-28(4)39(42(59)56(37)25-33)57(44(61)62)45(5,6)48(50,51)52/h10,12-16,20-22,26-28,31,33,37,39H,9,11,17-19,23-25H2,1-8H3,(H,54,58)(H,55,60)(H,61,62)/t27-,28+,31+,33+,37-,39-,47+/m0/s1. The van der Waals surface area contributed by atoms with Crippen LogP contribution < -0.4 is 24.2 Å². The Kier molecular flexibility index (Phi) is 13.5. The van der Waals surface area contributed by atoms with Gasteiger partial charge in [-0.3, -0.25) is 24.0 Å². The van der Waals surface area contributed by atoms with Gasteiger partial charge in [-0.2, -0.15) is 13.2 Å². The molecule has 3 aromatic rings. The van der Waals surface area contributed by atoms with E-state index in [1.54, 1.807) is 56.3 Å². The molecule has 4 aliphatic rings. The summed E-state index contributed by atoms with van der Waals surface area (Å²) in [4.78, 5) is 63.2. The number of rotatable bonds is 11. The molecule has 7 rings (SSSR count). The van der Waals surface area contributed by atoms with Crippen LogP contribution in [-0.4, -0.2) is 112 Å². The lowest BCUT2D eigenvalue weighted by Gasteiger charge is -2.45. The van der Waals surface area contributed by atoms with Crippen molar-refractivity contribution >= 4 is 44.6 Å². The predicted molar refractivity (Wildman–Crippen MR) is 243 cm³/mol. The van der Waals surface area contributed by atoms with Crippen LogP contribution in [0.2, 0.25) is 0 Å². The Bertz CT molecular complexity index is 2620. The number of carboxylic acid groups (broad SMARTS) is 1. The van der Waals surface area contributed by atoms with Crippen LogP contribution in [0.1, 0.15) is 93.4 Å². The molecule has 2 saturated carbocycles. The van der Waals surface area contributed by atoms with Crippen molar-refractivity contribution in [2.24, 2.45) is 17.8 Å². The van der Waals surface area contributed by atoms with Crippen molar-refractivity contribution in [3.63, 3.8) is 0 Å². The lowest BCUT2D eigenvalue weighted by atomic mass is 9.85. The number of nitrogens with one attached hydrogen (secondary N) is 2. The van der Waals surface area contributed by atoms with Gasteiger partial charge in [0.15, 0.2) is 11.6 Å². The average molecular weight is 974 g/mol. The highest BCUT2D eigenvalue weighted by Gasteiger charge is 2.64. The molecule has 3 fully saturated rings. The van der Waals surface area contributed by atoms with E-state index in [1.807, 2.05) is 6.92 Å². The molecule has 0 unspecified atom stereocenters. The van der Waals surface area contributed by atoms with Gasteiger partial charge in [0, 0.05) is 23.3 Å². The van der Waals surface area contributed by atoms with Crippen LogP contribution >= 0.6 is 0 Å². The molecule has 0 bridgehead atoms. The van der Waals surface area contributed by atoms with Crippen LogP contribution in [-0.2, 0) is 24.4 Å². The number of ether oxygens (including phenoxy) is 3. The number of carbonyl (C=O) groups excluding carboxylic acids is 3. The minimum absolute atomic E-state index is 0.00696. The second-order valence-corrected chi connectivity index (χ2v) is 22.0. The molecule has 2 aliphatic carbocycles. The van der Waals surface area contributed by atoms with Crippen LogP contribution in [0, 0.1) is 23.6 Å². The number of pyridine rings is 1. The van der Waals surface area contributed by atoms with E-state index in [9.17, 15) is 41.1 Å². The second-order valence-electron chi connectivity index (χ2n) is 19.8. The molecule has 3 heterocycles. The van der Waals surface area contributed by atoms with E-state index in [4.69, 9.17) is 19.2 Å². The fraction of sp³-hybridized carbons (Fsp3) is 0.562. The zero-order valence-electron chi connectivity index (χ0n) is 39.3. The van der Waals surface area contributed by atoms with Crippen LogP contribution in [0.3, 0.4) is 0 Å². The van der Waals surface area contributed by atoms with E-state index in [1.165, 1.54) is 33.1 Å². The molecule has 1 aromatic heterocycles. The molecule has 2 aliphatic heterocycles. The van der Waals surface area contributed by atoms with Crippen molar-refractivity contribution in [2.75, 3.05) is 13.7 Å². The van der Waals surface area contributed by atoms with E-state index in [0.717, 1.165) is 4.90 Å². The Balaban J connectivity index is 1.32. The highest BCUT2D eigenvalue weighted by Crippen LogP contribution is 2.48. The molecule has 68 heavy (non-hydrogen) atoms. The molecule has 2 aromatic carbocycles. The highest BCUT2D eigenvalue weighted by molar-refractivity contribution is 7.91. The summed E-state index contributed by atoms with van der Waals surface area (Å²) in [5.74, 6) is -5.11. The first kappa shape index (κ1) is 50.2. The van der Waals surface area contributed by atoms with Gasteiger partial charge >= 0.3 is 12.3 Å². The smallest absolute Gasteiger partial charge is 0.411 e. The summed E-state index contributed by atoms with van der Waals surface area (Å²) in [6.07, 6.45) is -3.71. The van der Waals surface area contributed by atoms with Gasteiger partial charge in [-0.15, -0.1) is 0 Å². The SMILES string of the molecule is COc1ccc2c(O[C@@H]3C[C@H]4C(=O)N[C@]5(C(=O)NS(=O)(=O)C6(C)CC6)C[C@H]5C=CCC[C@H](C)C[C@@H](C)[C@H](N(C(=O)O)C(C)(C)C(F)(F)F)C(=O)N4C3)nc(-c3ccc(OC(C)C)c(F)c3)cc2c1. The summed E-state index contributed by atoms with van der Waals surface area (Å²) >= 11 is 0. The quantitative estimate of drug-likeness (QED) is 0.126. The molecule has 3 N–H and O–H groups in total. The summed E-state index contributed by atoms with van der Waals surface area (Å²) in [7, 11) is -2.70. The number of allylic oxidation sites excluding steroid dienone is 1. The molecular weight excluding hydrogens is 915 g/mol. The fourth-order valence-electron chi connectivity index (χ4n) is 9.32. The number of hydrogen-bond donors (Lipinski definition) is 3. The van der Waals surface area contributed by atoms with Gasteiger partial charge in [-0.1, -0.05) is 26.0 Å². The molecule has 15 nitrogen and oxygen atoms in total. The van der Waals surface area contributed by atoms with Gasteiger partial charge in [0.1, 0.15) is 35.0 Å². The Labute approximate surface area is 393 Å². The van der Waals surface area contributed by atoms with Crippen LogP contribution in [0.25, 0.3) is 22.0 Å². The number of carbonyl (C=O) groups is 4. The van der Waals surface area contributed by atoms with E-state index in [0.29, 0.717) is 61.6 Å². The Morgan fingerprint density at radius 2 is 1.76 bits per heavy atom. The number of nitrogens with zero attached hydrogens (tertiary/aromatic N) is 3. The molecule has 0 radical (unpaired) electrons. The number of fused-ring (bicyclic) bond motifs is 3. The lowest BCUT2D eigenvalue weighted by molar-refractivity contribution is -0.222. The maximum Gasteiger partial charge on any atom is 0.411 e. The molecule has 20 heteroatoms. The van der Waals surface area contributed by atoms with Gasteiger partial charge in [0.05, 0.1) is 30.2 Å². The van der Waals surface area contributed by atoms with Gasteiger partial charge in [-0.05, 0) is 133 Å². The van der Waals surface area contributed by atoms with Gasteiger partial charge in [0.25, 0.3) is 5.91 Å². The van der Waals surface area contributed by atoms with E-state index < -0.39 is 98.2 Å². The summed E-state index contributed by atoms with van der Waals surface area (Å²) < 4.78 is 105. The molecule has 1 saturated heterocycles. The predicted octanol–water partition coefficient (Wildman–Crippen LogP) is 7.76. The van der Waals surface area contributed by atoms with Crippen LogP contribution in [0.4, 0.5) is 22.4 Å². The minimum Gasteiger partial charge on any atom is -0.497 e. The lowest BCUT2D eigenvalue weighted by Crippen LogP contribution is -2.66. The van der Waals surface area contributed by atoms with Crippen LogP contribution in [0.5, 0.6) is 17.4 Å². The maximum absolute atomic E-state index is 15.4. The van der Waals surface area contributed by atoms with Gasteiger partial charge < -0.3 is 29.5 Å². The Hall–Kier alpha value is -5.66. The summed E-state index contributed by atoms with van der Waals surface area (Å²) in [6, 6.07) is 7.46. The zero-order valence-corrected chi connectivity index (χ0v) is 40.1. The van der Waals surface area contributed by atoms with Crippen molar-refractivity contribution in [3.8, 4) is 28.6 Å². The Morgan fingerprint density at radius 3 is 2.38 bits per heavy atom. The maximum atomic E-state index is 15.4. The number of amides is 4. The first-order valence-electron chi connectivity index (χ1n) is 22.8. The van der Waals surface area contributed by atoms with Crippen molar-refractivity contribution in [1.29, 1.82) is 0 Å². The first-order valence-corrected chi connectivity index (χ1v) is 24.3. The van der Waals surface area contributed by atoms with Crippen molar-refractivity contribution in [1.82, 2.24) is 24.8 Å². The average Bonchev–Trinajstić information content (AvgIpc) is 4.13. The van der Waals surface area contributed by atoms with Gasteiger partial charge in [0.2, 0.25) is 27.7 Å². The fourth-order valence-corrected chi connectivity index (χ4v) is 10.6. The topological polar surface area (TPSA) is 194 Å². The third kappa shape index (κ3) is 9.79. The summed E-state index contributed by atoms with van der Waals surface area (Å²) in [5, 5.41) is 14.3. The molecule has 7 atom stereocenters. The first-order chi connectivity index (χ1) is 31.7. The van der Waals surface area contributed by atoms with Gasteiger partial charge in [-0.25, -0.2) is 22.6 Å². The van der Waals surface area contributed by atoms with Crippen molar-refractivity contribution in [2.45, 2.75) is 140 Å². The third-order valence-corrected chi connectivity index (χ3v) is 16.0. The normalized spacial score (nSPS) is 26.5. The van der Waals surface area contributed by atoms with E-state index in [2.05, 4.69) is 10.0 Å². The number of methoxy groups -OCH3 is 1. The third-order valence-electron chi connectivity index (χ3n) is 13.9. The molecule has 0 spiro atoms. The Morgan fingerprint density at radius 1 is 1.06 bits per heavy atom. The molecular formula is C48H59F4N5O10S. The van der Waals surface area contributed by atoms with E-state index >= 15 is 9.18 Å². The number of sulfonamides is 1. The number of aromatic nitrogens is 1. The largest absolute Gasteiger partial charge is 0.497 e. The number of benzene rings is 2. The number of hydrogen-bond acceptors (Lipinski definition) is 10. The monoisotopic (exact) mass is 973 g/mol. The van der Waals surface area contributed by atoms with Crippen molar-refractivity contribution < 1.29 is 64.5 Å². The highest BCUT2D eigenvalue weighted by atomic mass is 32.2. The minimum atomic E-state index is -5.14. The van der Waals surface area contributed by atoms with Crippen molar-refractivity contribution in [3.05, 3.63) is 60.4 Å². The molecule has 370 valence electrons. The number of halogens is 4.